The molecule has 1 heterocycles. The second-order valence-corrected chi connectivity index (χ2v) is 6.82. The lowest BCUT2D eigenvalue weighted by atomic mass is 10.2. The molecule has 144 valence electrons. The molecule has 0 atom stereocenters. The van der Waals surface area contributed by atoms with Crippen molar-refractivity contribution in [2.45, 2.75) is 12.8 Å². The fourth-order valence-corrected chi connectivity index (χ4v) is 3.33. The number of para-hydroxylation sites is 1. The number of nitro benzene ring substituents is 1. The minimum Gasteiger partial charge on any atom is -0.456 e. The summed E-state index contributed by atoms with van der Waals surface area (Å²) in [5, 5.41) is 13.6. The fraction of sp³-hybridized carbons (Fsp3) is 0.167. The maximum absolute atomic E-state index is 13.6. The van der Waals surface area contributed by atoms with Crippen molar-refractivity contribution in [3.05, 3.63) is 63.4 Å². The van der Waals surface area contributed by atoms with Crippen LogP contribution < -0.4 is 5.32 Å². The van der Waals surface area contributed by atoms with E-state index in [0.717, 1.165) is 33.4 Å². The van der Waals surface area contributed by atoms with Crippen molar-refractivity contribution in [2.75, 3.05) is 11.9 Å². The third kappa shape index (κ3) is 4.86. The topological polar surface area (TPSA) is 111 Å². The van der Waals surface area contributed by atoms with E-state index in [0.29, 0.717) is 6.42 Å². The van der Waals surface area contributed by atoms with Gasteiger partial charge in [-0.15, -0.1) is 11.3 Å². The van der Waals surface area contributed by atoms with Gasteiger partial charge in [0.05, 0.1) is 32.3 Å². The molecule has 0 unspecified atom stereocenters. The average Bonchev–Trinajstić information content (AvgIpc) is 3.09. The van der Waals surface area contributed by atoms with Crippen LogP contribution in [0.1, 0.15) is 11.4 Å². The zero-order valence-corrected chi connectivity index (χ0v) is 15.2. The first-order chi connectivity index (χ1) is 13.4. The number of nitro groups is 1. The Labute approximate surface area is 162 Å². The second-order valence-electron chi connectivity index (χ2n) is 5.71. The van der Waals surface area contributed by atoms with Crippen LogP contribution in [-0.2, 0) is 20.7 Å². The molecule has 0 fully saturated rings. The summed E-state index contributed by atoms with van der Waals surface area (Å²) in [6.45, 7) is -0.624. The monoisotopic (exact) mass is 403 g/mol. The van der Waals surface area contributed by atoms with E-state index in [1.807, 2.05) is 24.3 Å². The van der Waals surface area contributed by atoms with Gasteiger partial charge < -0.3 is 10.1 Å². The number of thiazole rings is 1. The summed E-state index contributed by atoms with van der Waals surface area (Å²) in [6.07, 6.45) is 0.414. The number of nitrogens with zero attached hydrogens (tertiary/aromatic N) is 2. The Balaban J connectivity index is 1.48. The number of carbonyl (C=O) groups is 2. The van der Waals surface area contributed by atoms with Crippen molar-refractivity contribution in [3.63, 3.8) is 0 Å². The predicted octanol–water partition coefficient (Wildman–Crippen LogP) is 3.46. The van der Waals surface area contributed by atoms with Gasteiger partial charge in [-0.2, -0.15) is 0 Å². The molecule has 0 bridgehead atoms. The maximum atomic E-state index is 13.6. The molecule has 1 aromatic heterocycles. The molecule has 0 saturated carbocycles. The van der Waals surface area contributed by atoms with Gasteiger partial charge in [0.15, 0.2) is 6.61 Å². The van der Waals surface area contributed by atoms with E-state index in [1.54, 1.807) is 0 Å². The Morgan fingerprint density at radius 1 is 1.25 bits per heavy atom. The van der Waals surface area contributed by atoms with Crippen molar-refractivity contribution in [1.82, 2.24) is 4.98 Å². The quantitative estimate of drug-likeness (QED) is 0.367. The number of carbonyl (C=O) groups excluding carboxylic acids is 2. The van der Waals surface area contributed by atoms with E-state index in [4.69, 9.17) is 4.74 Å². The van der Waals surface area contributed by atoms with Crippen LogP contribution in [0.15, 0.2) is 42.5 Å². The highest BCUT2D eigenvalue weighted by Crippen LogP contribution is 2.23. The van der Waals surface area contributed by atoms with Crippen molar-refractivity contribution in [1.29, 1.82) is 0 Å². The van der Waals surface area contributed by atoms with Crippen molar-refractivity contribution < 1.29 is 23.6 Å². The average molecular weight is 403 g/mol. The maximum Gasteiger partial charge on any atom is 0.306 e. The number of aryl methyl sites for hydroxylation is 1. The van der Waals surface area contributed by atoms with E-state index in [2.05, 4.69) is 10.3 Å². The van der Waals surface area contributed by atoms with Crippen molar-refractivity contribution >= 4 is 44.8 Å². The van der Waals surface area contributed by atoms with Crippen LogP contribution in [0, 0.1) is 15.9 Å². The number of halogens is 1. The van der Waals surface area contributed by atoms with Gasteiger partial charge in [-0.1, -0.05) is 12.1 Å². The Kier molecular flexibility index (Phi) is 5.90. The van der Waals surface area contributed by atoms with E-state index in [1.165, 1.54) is 11.3 Å². The SMILES string of the molecule is O=C(COC(=O)CCc1nc2ccccc2s1)Nc1cc([N+](=O)[O-])ccc1F. The van der Waals surface area contributed by atoms with Gasteiger partial charge in [0.2, 0.25) is 0 Å². The molecule has 0 radical (unpaired) electrons. The summed E-state index contributed by atoms with van der Waals surface area (Å²) in [6, 6.07) is 10.3. The summed E-state index contributed by atoms with van der Waals surface area (Å²) in [5.74, 6) is -2.23. The summed E-state index contributed by atoms with van der Waals surface area (Å²) in [4.78, 5) is 38.0. The Bertz CT molecular complexity index is 1020. The molecule has 1 N–H and O–H groups in total. The van der Waals surface area contributed by atoms with Crippen LogP contribution in [0.4, 0.5) is 15.8 Å². The number of anilines is 1. The molecule has 3 rings (SSSR count). The first-order valence-corrected chi connectivity index (χ1v) is 8.98. The number of esters is 1. The number of fused-ring (bicyclic) bond motifs is 1. The highest BCUT2D eigenvalue weighted by Gasteiger charge is 2.15. The summed E-state index contributed by atoms with van der Waals surface area (Å²) in [5.41, 5.74) is 0.128. The number of rotatable bonds is 7. The van der Waals surface area contributed by atoms with Crippen molar-refractivity contribution in [3.8, 4) is 0 Å². The van der Waals surface area contributed by atoms with Crippen LogP contribution in [0.3, 0.4) is 0 Å². The molecule has 10 heteroatoms. The van der Waals surface area contributed by atoms with Crippen molar-refractivity contribution in [2.24, 2.45) is 0 Å². The molecule has 0 aliphatic rings. The Morgan fingerprint density at radius 2 is 2.04 bits per heavy atom. The van der Waals surface area contributed by atoms with Gasteiger partial charge in [-0.05, 0) is 18.2 Å². The molecule has 0 aliphatic heterocycles. The highest BCUT2D eigenvalue weighted by molar-refractivity contribution is 7.18. The lowest BCUT2D eigenvalue weighted by molar-refractivity contribution is -0.384. The number of hydrogen-bond acceptors (Lipinski definition) is 7. The Morgan fingerprint density at radius 3 is 2.79 bits per heavy atom. The fourth-order valence-electron chi connectivity index (χ4n) is 2.36. The van der Waals surface area contributed by atoms with Crippen LogP contribution in [-0.4, -0.2) is 28.4 Å². The molecular weight excluding hydrogens is 389 g/mol. The number of benzene rings is 2. The minimum absolute atomic E-state index is 0.0400. The molecule has 8 nitrogen and oxygen atoms in total. The van der Waals surface area contributed by atoms with E-state index in [9.17, 15) is 24.1 Å². The van der Waals surface area contributed by atoms with Crippen LogP contribution in [0.2, 0.25) is 0 Å². The molecular formula is C18H14FN3O5S. The lowest BCUT2D eigenvalue weighted by Crippen LogP contribution is -2.21. The Hall–Kier alpha value is -3.40. The summed E-state index contributed by atoms with van der Waals surface area (Å²) >= 11 is 1.48. The number of hydrogen-bond donors (Lipinski definition) is 1. The van der Waals surface area contributed by atoms with Crippen LogP contribution in [0.25, 0.3) is 10.2 Å². The summed E-state index contributed by atoms with van der Waals surface area (Å²) in [7, 11) is 0. The third-order valence-corrected chi connectivity index (χ3v) is 4.78. The molecule has 2 aromatic carbocycles. The van der Waals surface area contributed by atoms with Gasteiger partial charge in [0, 0.05) is 18.6 Å². The largest absolute Gasteiger partial charge is 0.456 e. The summed E-state index contributed by atoms with van der Waals surface area (Å²) < 4.78 is 19.5. The number of nitrogens with one attached hydrogen (secondary N) is 1. The van der Waals surface area contributed by atoms with E-state index in [-0.39, 0.29) is 17.8 Å². The zero-order chi connectivity index (χ0) is 20.1. The van der Waals surface area contributed by atoms with Gasteiger partial charge in [-0.25, -0.2) is 9.37 Å². The smallest absolute Gasteiger partial charge is 0.306 e. The van der Waals surface area contributed by atoms with E-state index < -0.39 is 29.2 Å². The second kappa shape index (κ2) is 8.53. The predicted molar refractivity (Wildman–Crippen MR) is 101 cm³/mol. The first kappa shape index (κ1) is 19.4. The molecule has 0 spiro atoms. The van der Waals surface area contributed by atoms with Gasteiger partial charge in [0.1, 0.15) is 5.82 Å². The minimum atomic E-state index is -0.832. The van der Waals surface area contributed by atoms with Crippen LogP contribution in [0.5, 0.6) is 0 Å². The van der Waals surface area contributed by atoms with Crippen LogP contribution >= 0.6 is 11.3 Å². The van der Waals surface area contributed by atoms with Gasteiger partial charge in [0.25, 0.3) is 11.6 Å². The number of non-ortho nitro benzene ring substituents is 1. The normalized spacial score (nSPS) is 10.6. The molecule has 0 saturated heterocycles. The lowest BCUT2D eigenvalue weighted by Gasteiger charge is -2.07. The zero-order valence-electron chi connectivity index (χ0n) is 14.4. The van der Waals surface area contributed by atoms with Gasteiger partial charge >= 0.3 is 5.97 Å². The van der Waals surface area contributed by atoms with E-state index >= 15 is 0 Å². The standard InChI is InChI=1S/C18H14FN3O5S/c19-12-6-5-11(22(25)26)9-14(12)20-16(23)10-27-18(24)8-7-17-21-13-3-1-2-4-15(13)28-17/h1-6,9H,7-8,10H2,(H,20,23). The molecule has 0 aliphatic carbocycles. The highest BCUT2D eigenvalue weighted by atomic mass is 32.1. The number of aromatic nitrogens is 1. The first-order valence-electron chi connectivity index (χ1n) is 8.16. The molecule has 3 aromatic rings. The van der Waals surface area contributed by atoms with Gasteiger partial charge in [-0.3, -0.25) is 19.7 Å². The molecule has 1 amide bonds. The number of amides is 1. The third-order valence-electron chi connectivity index (χ3n) is 3.68. The molecule has 28 heavy (non-hydrogen) atoms. The number of ether oxygens (including phenoxy) is 1.